The van der Waals surface area contributed by atoms with E-state index in [1.54, 1.807) is 6.20 Å². The Morgan fingerprint density at radius 2 is 2.40 bits per heavy atom. The average molecular weight is 206 g/mol. The molecule has 0 aliphatic heterocycles. The Kier molecular flexibility index (Phi) is 2.82. The molecule has 0 atom stereocenters. The van der Waals surface area contributed by atoms with Gasteiger partial charge in [-0.3, -0.25) is 4.68 Å². The van der Waals surface area contributed by atoms with Crippen LogP contribution < -0.4 is 5.32 Å². The molecule has 0 saturated carbocycles. The van der Waals surface area contributed by atoms with Gasteiger partial charge in [-0.25, -0.2) is 0 Å². The van der Waals surface area contributed by atoms with Crippen molar-refractivity contribution in [3.8, 4) is 11.3 Å². The molecular formula is C10H14N4O. The van der Waals surface area contributed by atoms with Crippen LogP contribution in [0.1, 0.15) is 12.6 Å². The van der Waals surface area contributed by atoms with Gasteiger partial charge in [0.15, 0.2) is 5.76 Å². The van der Waals surface area contributed by atoms with Crippen LogP contribution in [0.15, 0.2) is 23.0 Å². The van der Waals surface area contributed by atoms with E-state index >= 15 is 0 Å². The first-order valence-corrected chi connectivity index (χ1v) is 4.96. The van der Waals surface area contributed by atoms with Crippen LogP contribution in [0.4, 0.5) is 0 Å². The molecule has 0 radical (unpaired) electrons. The zero-order valence-electron chi connectivity index (χ0n) is 8.90. The van der Waals surface area contributed by atoms with Crippen molar-refractivity contribution in [2.45, 2.75) is 20.0 Å². The minimum atomic E-state index is 0.714. The van der Waals surface area contributed by atoms with Gasteiger partial charge in [0.25, 0.3) is 0 Å². The summed E-state index contributed by atoms with van der Waals surface area (Å²) in [6.45, 7) is 3.62. The molecule has 2 rings (SSSR count). The fraction of sp³-hybridized carbons (Fsp3) is 0.400. The summed E-state index contributed by atoms with van der Waals surface area (Å²) in [5.41, 5.74) is 1.86. The Labute approximate surface area is 88.1 Å². The summed E-state index contributed by atoms with van der Waals surface area (Å²) in [7, 11) is 1.88. The Morgan fingerprint density at radius 3 is 3.07 bits per heavy atom. The van der Waals surface area contributed by atoms with E-state index in [2.05, 4.69) is 15.6 Å². The fourth-order valence-electron chi connectivity index (χ4n) is 1.38. The zero-order chi connectivity index (χ0) is 10.7. The molecule has 0 saturated heterocycles. The maximum atomic E-state index is 5.22. The van der Waals surface area contributed by atoms with Crippen molar-refractivity contribution in [3.63, 3.8) is 0 Å². The van der Waals surface area contributed by atoms with Crippen molar-refractivity contribution in [2.24, 2.45) is 0 Å². The van der Waals surface area contributed by atoms with Crippen molar-refractivity contribution in [3.05, 3.63) is 24.2 Å². The fourth-order valence-corrected chi connectivity index (χ4v) is 1.38. The molecule has 2 heterocycles. The smallest absolute Gasteiger partial charge is 0.170 e. The molecule has 2 aromatic heterocycles. The number of nitrogens with zero attached hydrogens (tertiary/aromatic N) is 3. The Morgan fingerprint density at radius 1 is 1.53 bits per heavy atom. The third kappa shape index (κ3) is 2.07. The molecule has 0 amide bonds. The maximum absolute atomic E-state index is 5.22. The summed E-state index contributed by atoms with van der Waals surface area (Å²) in [6.07, 6.45) is 3.73. The second-order valence-corrected chi connectivity index (χ2v) is 3.30. The van der Waals surface area contributed by atoms with E-state index < -0.39 is 0 Å². The first kappa shape index (κ1) is 9.92. The van der Waals surface area contributed by atoms with Gasteiger partial charge in [-0.15, -0.1) is 0 Å². The van der Waals surface area contributed by atoms with Crippen LogP contribution in [0.5, 0.6) is 0 Å². The summed E-state index contributed by atoms with van der Waals surface area (Å²) in [5, 5.41) is 11.1. The Bertz CT molecular complexity index is 432. The number of rotatable bonds is 4. The molecule has 5 heteroatoms. The summed E-state index contributed by atoms with van der Waals surface area (Å²) in [6, 6.07) is 1.92. The minimum Gasteiger partial charge on any atom is -0.356 e. The molecular weight excluding hydrogens is 192 g/mol. The number of hydrogen-bond donors (Lipinski definition) is 1. The normalized spacial score (nSPS) is 10.8. The van der Waals surface area contributed by atoms with Gasteiger partial charge in [0.05, 0.1) is 17.5 Å². The molecule has 0 fully saturated rings. The Balaban J connectivity index is 2.21. The van der Waals surface area contributed by atoms with E-state index in [0.29, 0.717) is 6.54 Å². The van der Waals surface area contributed by atoms with Crippen molar-refractivity contribution in [2.75, 3.05) is 7.05 Å². The predicted molar refractivity (Wildman–Crippen MR) is 56.2 cm³/mol. The third-order valence-electron chi connectivity index (χ3n) is 2.16. The van der Waals surface area contributed by atoms with Crippen LogP contribution in [0, 0.1) is 0 Å². The summed E-state index contributed by atoms with van der Waals surface area (Å²) in [5.74, 6) is 0.764. The monoisotopic (exact) mass is 206 g/mol. The standard InChI is InChI=1S/C10H14N4O/c1-3-14-7-8(5-12-14)10-4-9(6-11-2)13-15-10/h4-5,7,11H,3,6H2,1-2H3. The summed E-state index contributed by atoms with van der Waals surface area (Å²) < 4.78 is 7.07. The highest BCUT2D eigenvalue weighted by Crippen LogP contribution is 2.19. The highest BCUT2D eigenvalue weighted by atomic mass is 16.5. The van der Waals surface area contributed by atoms with Gasteiger partial charge >= 0.3 is 0 Å². The van der Waals surface area contributed by atoms with Gasteiger partial charge in [0.2, 0.25) is 0 Å². The van der Waals surface area contributed by atoms with Crippen LogP contribution in [-0.2, 0) is 13.1 Å². The van der Waals surface area contributed by atoms with Crippen molar-refractivity contribution in [1.29, 1.82) is 0 Å². The predicted octanol–water partition coefficient (Wildman–Crippen LogP) is 1.28. The van der Waals surface area contributed by atoms with Gasteiger partial charge in [0.1, 0.15) is 0 Å². The molecule has 0 bridgehead atoms. The molecule has 2 aromatic rings. The van der Waals surface area contributed by atoms with Crippen LogP contribution in [0.3, 0.4) is 0 Å². The van der Waals surface area contributed by atoms with E-state index in [9.17, 15) is 0 Å². The van der Waals surface area contributed by atoms with E-state index in [-0.39, 0.29) is 0 Å². The van der Waals surface area contributed by atoms with E-state index in [1.165, 1.54) is 0 Å². The van der Waals surface area contributed by atoms with Crippen LogP contribution in [-0.4, -0.2) is 22.0 Å². The number of nitrogens with one attached hydrogen (secondary N) is 1. The lowest BCUT2D eigenvalue weighted by Gasteiger charge is -1.90. The lowest BCUT2D eigenvalue weighted by Crippen LogP contribution is -2.04. The van der Waals surface area contributed by atoms with Crippen LogP contribution in [0.2, 0.25) is 0 Å². The van der Waals surface area contributed by atoms with Gasteiger partial charge < -0.3 is 9.84 Å². The second-order valence-electron chi connectivity index (χ2n) is 3.30. The number of hydrogen-bond acceptors (Lipinski definition) is 4. The van der Waals surface area contributed by atoms with E-state index in [4.69, 9.17) is 4.52 Å². The average Bonchev–Trinajstić information content (AvgIpc) is 2.85. The third-order valence-corrected chi connectivity index (χ3v) is 2.16. The minimum absolute atomic E-state index is 0.714. The molecule has 0 aromatic carbocycles. The highest BCUT2D eigenvalue weighted by Gasteiger charge is 2.07. The zero-order valence-corrected chi connectivity index (χ0v) is 8.90. The summed E-state index contributed by atoms with van der Waals surface area (Å²) in [4.78, 5) is 0. The number of aryl methyl sites for hydroxylation is 1. The molecule has 0 aliphatic rings. The molecule has 5 nitrogen and oxygen atoms in total. The molecule has 0 aliphatic carbocycles. The topological polar surface area (TPSA) is 55.9 Å². The van der Waals surface area contributed by atoms with Gasteiger partial charge in [-0.2, -0.15) is 5.10 Å². The molecule has 0 spiro atoms. The van der Waals surface area contributed by atoms with Crippen LogP contribution in [0.25, 0.3) is 11.3 Å². The number of aromatic nitrogens is 3. The first-order valence-electron chi connectivity index (χ1n) is 4.96. The quantitative estimate of drug-likeness (QED) is 0.818. The molecule has 15 heavy (non-hydrogen) atoms. The van der Waals surface area contributed by atoms with Gasteiger partial charge in [0, 0.05) is 25.4 Å². The highest BCUT2D eigenvalue weighted by molar-refractivity contribution is 5.54. The van der Waals surface area contributed by atoms with Crippen LogP contribution >= 0.6 is 0 Å². The molecule has 80 valence electrons. The van der Waals surface area contributed by atoms with E-state index in [1.807, 2.05) is 30.9 Å². The lowest BCUT2D eigenvalue weighted by atomic mass is 10.2. The van der Waals surface area contributed by atoms with Gasteiger partial charge in [-0.05, 0) is 14.0 Å². The van der Waals surface area contributed by atoms with Crippen molar-refractivity contribution in [1.82, 2.24) is 20.3 Å². The van der Waals surface area contributed by atoms with Crippen molar-refractivity contribution >= 4 is 0 Å². The van der Waals surface area contributed by atoms with Gasteiger partial charge in [-0.1, -0.05) is 5.16 Å². The second kappa shape index (κ2) is 4.27. The molecule has 0 unspecified atom stereocenters. The summed E-state index contributed by atoms with van der Waals surface area (Å²) >= 11 is 0. The van der Waals surface area contributed by atoms with Crippen molar-refractivity contribution < 1.29 is 4.52 Å². The Hall–Kier alpha value is -1.62. The molecule has 1 N–H and O–H groups in total. The van der Waals surface area contributed by atoms with E-state index in [0.717, 1.165) is 23.6 Å². The first-order chi connectivity index (χ1) is 7.33. The largest absolute Gasteiger partial charge is 0.356 e. The SMILES string of the molecule is CCn1cc(-c2cc(CNC)no2)cn1. The maximum Gasteiger partial charge on any atom is 0.170 e. The lowest BCUT2D eigenvalue weighted by molar-refractivity contribution is 0.421.